The van der Waals surface area contributed by atoms with Crippen molar-refractivity contribution in [3.63, 3.8) is 0 Å². The van der Waals surface area contributed by atoms with Gasteiger partial charge < -0.3 is 10.3 Å². The smallest absolute Gasteiger partial charge is 0.226 e. The zero-order valence-corrected chi connectivity index (χ0v) is 14.0. The number of benzene rings is 1. The van der Waals surface area contributed by atoms with Gasteiger partial charge in [0.1, 0.15) is 0 Å². The van der Waals surface area contributed by atoms with Gasteiger partial charge in [-0.1, -0.05) is 47.4 Å². The second kappa shape index (κ2) is 7.43. The van der Waals surface area contributed by atoms with Gasteiger partial charge in [-0.15, -0.1) is 16.8 Å². The molecule has 0 saturated heterocycles. The predicted octanol–water partition coefficient (Wildman–Crippen LogP) is 3.87. The molecule has 0 saturated carbocycles. The van der Waals surface area contributed by atoms with Crippen LogP contribution in [0.15, 0.2) is 47.5 Å². The molecule has 0 aliphatic carbocycles. The fourth-order valence-electron chi connectivity index (χ4n) is 2.22. The highest BCUT2D eigenvalue weighted by molar-refractivity contribution is 8.01. The molecule has 0 spiro atoms. The maximum Gasteiger partial charge on any atom is 0.226 e. The summed E-state index contributed by atoms with van der Waals surface area (Å²) in [6.45, 7) is 3.66. The van der Waals surface area contributed by atoms with Crippen molar-refractivity contribution in [2.24, 2.45) is 0 Å². The third kappa shape index (κ3) is 4.00. The molecule has 0 fully saturated rings. The SMILES string of the molecule is C=CCSc1nnc(NC(=O)CCc2c[nH]c3ccccc23)s1. The second-order valence-electron chi connectivity index (χ2n) is 4.88. The first-order valence-corrected chi connectivity index (χ1v) is 8.98. The van der Waals surface area contributed by atoms with Crippen molar-refractivity contribution in [1.29, 1.82) is 0 Å². The number of para-hydroxylation sites is 1. The van der Waals surface area contributed by atoms with E-state index >= 15 is 0 Å². The maximum atomic E-state index is 12.1. The number of rotatable bonds is 7. The Labute approximate surface area is 142 Å². The third-order valence-electron chi connectivity index (χ3n) is 3.27. The van der Waals surface area contributed by atoms with E-state index in [1.165, 1.54) is 16.7 Å². The Kier molecular flexibility index (Phi) is 5.09. The minimum atomic E-state index is -0.0494. The molecule has 7 heteroatoms. The topological polar surface area (TPSA) is 70.7 Å². The first-order valence-electron chi connectivity index (χ1n) is 7.18. The summed E-state index contributed by atoms with van der Waals surface area (Å²) in [4.78, 5) is 15.3. The Morgan fingerprint density at radius 3 is 3.13 bits per heavy atom. The number of anilines is 1. The molecule has 0 aliphatic rings. The van der Waals surface area contributed by atoms with Crippen LogP contribution in [-0.2, 0) is 11.2 Å². The van der Waals surface area contributed by atoms with E-state index in [9.17, 15) is 4.79 Å². The molecule has 3 aromatic rings. The maximum absolute atomic E-state index is 12.1. The Morgan fingerprint density at radius 2 is 2.26 bits per heavy atom. The van der Waals surface area contributed by atoms with Crippen molar-refractivity contribution >= 4 is 45.0 Å². The highest BCUT2D eigenvalue weighted by atomic mass is 32.2. The summed E-state index contributed by atoms with van der Waals surface area (Å²) in [6.07, 6.45) is 4.88. The van der Waals surface area contributed by atoms with E-state index in [4.69, 9.17) is 0 Å². The lowest BCUT2D eigenvalue weighted by Crippen LogP contribution is -2.12. The van der Waals surface area contributed by atoms with Gasteiger partial charge in [0.2, 0.25) is 11.0 Å². The highest BCUT2D eigenvalue weighted by Crippen LogP contribution is 2.25. The number of amides is 1. The van der Waals surface area contributed by atoms with Gasteiger partial charge in [-0.05, 0) is 18.1 Å². The van der Waals surface area contributed by atoms with E-state index in [1.54, 1.807) is 11.8 Å². The molecule has 5 nitrogen and oxygen atoms in total. The van der Waals surface area contributed by atoms with Crippen molar-refractivity contribution in [3.8, 4) is 0 Å². The van der Waals surface area contributed by atoms with Crippen LogP contribution >= 0.6 is 23.1 Å². The molecule has 0 bridgehead atoms. The van der Waals surface area contributed by atoms with Crippen LogP contribution in [0.5, 0.6) is 0 Å². The minimum Gasteiger partial charge on any atom is -0.361 e. The Balaban J connectivity index is 1.55. The molecule has 2 heterocycles. The second-order valence-corrected chi connectivity index (χ2v) is 7.13. The predicted molar refractivity (Wildman–Crippen MR) is 96.1 cm³/mol. The number of aromatic nitrogens is 3. The van der Waals surface area contributed by atoms with Crippen LogP contribution in [0.3, 0.4) is 0 Å². The van der Waals surface area contributed by atoms with Crippen LogP contribution in [0.1, 0.15) is 12.0 Å². The zero-order valence-electron chi connectivity index (χ0n) is 12.4. The fourth-order valence-corrected chi connectivity index (χ4v) is 3.75. The number of hydrogen-bond donors (Lipinski definition) is 2. The average molecular weight is 344 g/mol. The number of carbonyl (C=O) groups excluding carboxylic acids is 1. The van der Waals surface area contributed by atoms with Crippen molar-refractivity contribution in [3.05, 3.63) is 48.7 Å². The molecule has 0 radical (unpaired) electrons. The number of hydrogen-bond acceptors (Lipinski definition) is 5. The highest BCUT2D eigenvalue weighted by Gasteiger charge is 2.10. The largest absolute Gasteiger partial charge is 0.361 e. The summed E-state index contributed by atoms with van der Waals surface area (Å²) in [7, 11) is 0. The lowest BCUT2D eigenvalue weighted by atomic mass is 10.1. The molecule has 23 heavy (non-hydrogen) atoms. The molecular formula is C16H16N4OS2. The fraction of sp³-hybridized carbons (Fsp3) is 0.188. The molecule has 0 atom stereocenters. The summed E-state index contributed by atoms with van der Waals surface area (Å²) < 4.78 is 0.830. The number of H-pyrrole nitrogens is 1. The molecule has 118 valence electrons. The molecule has 2 aromatic heterocycles. The van der Waals surface area contributed by atoms with Crippen molar-refractivity contribution in [2.45, 2.75) is 17.2 Å². The van der Waals surface area contributed by atoms with Crippen LogP contribution in [0.4, 0.5) is 5.13 Å². The van der Waals surface area contributed by atoms with E-state index in [-0.39, 0.29) is 5.91 Å². The first-order chi connectivity index (χ1) is 11.3. The monoisotopic (exact) mass is 344 g/mol. The Hall–Kier alpha value is -2.12. The van der Waals surface area contributed by atoms with Gasteiger partial charge in [0.25, 0.3) is 0 Å². The van der Waals surface area contributed by atoms with Crippen LogP contribution in [0.25, 0.3) is 10.9 Å². The van der Waals surface area contributed by atoms with E-state index < -0.39 is 0 Å². The molecule has 1 aromatic carbocycles. The van der Waals surface area contributed by atoms with Crippen LogP contribution < -0.4 is 5.32 Å². The molecular weight excluding hydrogens is 328 g/mol. The average Bonchev–Trinajstić information content (AvgIpc) is 3.18. The number of carbonyl (C=O) groups is 1. The molecule has 0 unspecified atom stereocenters. The molecule has 0 aliphatic heterocycles. The Morgan fingerprint density at radius 1 is 1.39 bits per heavy atom. The van der Waals surface area contributed by atoms with Crippen LogP contribution in [0, 0.1) is 0 Å². The number of aromatic amines is 1. The molecule has 3 rings (SSSR count). The van der Waals surface area contributed by atoms with Crippen LogP contribution in [-0.4, -0.2) is 26.8 Å². The van der Waals surface area contributed by atoms with E-state index in [0.717, 1.165) is 21.2 Å². The number of thioether (sulfide) groups is 1. The quantitative estimate of drug-likeness (QED) is 0.388. The van der Waals surface area contributed by atoms with E-state index in [2.05, 4.69) is 33.1 Å². The summed E-state index contributed by atoms with van der Waals surface area (Å²) in [6, 6.07) is 8.09. The molecule has 2 N–H and O–H groups in total. The van der Waals surface area contributed by atoms with Crippen molar-refractivity contribution in [2.75, 3.05) is 11.1 Å². The number of nitrogens with one attached hydrogen (secondary N) is 2. The lowest BCUT2D eigenvalue weighted by molar-refractivity contribution is -0.116. The lowest BCUT2D eigenvalue weighted by Gasteiger charge is -2.00. The van der Waals surface area contributed by atoms with Crippen LogP contribution in [0.2, 0.25) is 0 Å². The first kappa shape index (κ1) is 15.8. The summed E-state index contributed by atoms with van der Waals surface area (Å²) in [5.41, 5.74) is 2.24. The third-order valence-corrected chi connectivity index (χ3v) is 5.24. The minimum absolute atomic E-state index is 0.0494. The zero-order chi connectivity index (χ0) is 16.1. The van der Waals surface area contributed by atoms with Crippen molar-refractivity contribution in [1.82, 2.24) is 15.2 Å². The van der Waals surface area contributed by atoms with Gasteiger partial charge in [0.05, 0.1) is 0 Å². The van der Waals surface area contributed by atoms with E-state index in [1.807, 2.05) is 30.5 Å². The Bertz CT molecular complexity index is 824. The van der Waals surface area contributed by atoms with Gasteiger partial charge in [-0.25, -0.2) is 0 Å². The van der Waals surface area contributed by atoms with E-state index in [0.29, 0.717) is 18.0 Å². The number of nitrogens with zero attached hydrogens (tertiary/aromatic N) is 2. The summed E-state index contributed by atoms with van der Waals surface area (Å²) >= 11 is 2.93. The standard InChI is InChI=1S/C16H16N4OS2/c1-2-9-22-16-20-19-15(23-16)18-14(21)8-7-11-10-17-13-6-4-3-5-12(11)13/h2-6,10,17H,1,7-9H2,(H,18,19,21). The van der Waals surface area contributed by atoms with Gasteiger partial charge in [0.15, 0.2) is 4.34 Å². The normalized spacial score (nSPS) is 10.8. The van der Waals surface area contributed by atoms with Gasteiger partial charge in [-0.2, -0.15) is 0 Å². The number of aryl methyl sites for hydroxylation is 1. The van der Waals surface area contributed by atoms with Crippen molar-refractivity contribution < 1.29 is 4.79 Å². The summed E-state index contributed by atoms with van der Waals surface area (Å²) in [5.74, 6) is 0.732. The van der Waals surface area contributed by atoms with Gasteiger partial charge in [-0.3, -0.25) is 4.79 Å². The summed E-state index contributed by atoms with van der Waals surface area (Å²) in [5, 5.41) is 12.5. The van der Waals surface area contributed by atoms with Gasteiger partial charge >= 0.3 is 0 Å². The molecule has 1 amide bonds. The number of fused-ring (bicyclic) bond motifs is 1. The van der Waals surface area contributed by atoms with Gasteiger partial charge in [0, 0.05) is 29.3 Å².